The lowest BCUT2D eigenvalue weighted by Gasteiger charge is -2.22. The first-order valence-corrected chi connectivity index (χ1v) is 12.4. The smallest absolute Gasteiger partial charge is 0.229 e. The van der Waals surface area contributed by atoms with Gasteiger partial charge in [0, 0.05) is 9.13 Å². The van der Waals surface area contributed by atoms with Crippen molar-refractivity contribution < 1.29 is 9.18 Å². The number of amides is 1. The molecule has 32 heavy (non-hydrogen) atoms. The molecule has 164 valence electrons. The van der Waals surface area contributed by atoms with E-state index in [-0.39, 0.29) is 11.7 Å². The molecule has 1 saturated carbocycles. The quantitative estimate of drug-likeness (QED) is 0.410. The molecular formula is C26H25FIN3O. The number of hydrogen-bond donors (Lipinski definition) is 1. The molecule has 0 radical (unpaired) electrons. The molecule has 0 atom stereocenters. The number of rotatable bonds is 5. The predicted molar refractivity (Wildman–Crippen MR) is 132 cm³/mol. The Balaban J connectivity index is 1.46. The zero-order chi connectivity index (χ0) is 22.1. The first kappa shape index (κ1) is 21.5. The Morgan fingerprint density at radius 3 is 2.62 bits per heavy atom. The largest absolute Gasteiger partial charge is 0.309 e. The highest BCUT2D eigenvalue weighted by Gasteiger charge is 2.25. The van der Waals surface area contributed by atoms with Gasteiger partial charge in [0.1, 0.15) is 5.82 Å². The molecule has 1 fully saturated rings. The Kier molecular flexibility index (Phi) is 6.22. The highest BCUT2D eigenvalue weighted by molar-refractivity contribution is 14.1. The maximum Gasteiger partial charge on any atom is 0.229 e. The van der Waals surface area contributed by atoms with E-state index in [1.165, 1.54) is 31.7 Å². The van der Waals surface area contributed by atoms with Crippen LogP contribution in [0.4, 0.5) is 10.2 Å². The molecule has 5 rings (SSSR count). The van der Waals surface area contributed by atoms with Crippen molar-refractivity contribution >= 4 is 34.3 Å². The van der Waals surface area contributed by atoms with Gasteiger partial charge in [-0.2, -0.15) is 0 Å². The normalized spacial score (nSPS) is 15.3. The maximum absolute atomic E-state index is 13.7. The topological polar surface area (TPSA) is 54.9 Å². The van der Waals surface area contributed by atoms with Crippen molar-refractivity contribution in [2.45, 2.75) is 51.4 Å². The first-order valence-electron chi connectivity index (χ1n) is 11.3. The zero-order valence-corrected chi connectivity index (χ0v) is 20.0. The van der Waals surface area contributed by atoms with Gasteiger partial charge in [0.25, 0.3) is 0 Å². The van der Waals surface area contributed by atoms with Crippen molar-refractivity contribution in [3.63, 3.8) is 0 Å². The third kappa shape index (κ3) is 4.70. The van der Waals surface area contributed by atoms with Gasteiger partial charge in [-0.25, -0.2) is 14.4 Å². The van der Waals surface area contributed by atoms with Crippen LogP contribution < -0.4 is 5.32 Å². The molecule has 0 spiro atoms. The van der Waals surface area contributed by atoms with Crippen LogP contribution in [0.5, 0.6) is 0 Å². The average Bonchev–Trinajstić information content (AvgIpc) is 3.29. The molecule has 6 heteroatoms. The van der Waals surface area contributed by atoms with Crippen LogP contribution in [0.1, 0.15) is 48.2 Å². The number of benzene rings is 2. The summed E-state index contributed by atoms with van der Waals surface area (Å²) in [6, 6.07) is 12.9. The van der Waals surface area contributed by atoms with Crippen LogP contribution in [0.3, 0.4) is 0 Å². The number of fused-ring (bicyclic) bond motifs is 3. The van der Waals surface area contributed by atoms with E-state index in [2.05, 4.69) is 27.9 Å². The lowest BCUT2D eigenvalue weighted by atomic mass is 9.91. The van der Waals surface area contributed by atoms with Gasteiger partial charge in [0.05, 0.1) is 23.5 Å². The summed E-state index contributed by atoms with van der Waals surface area (Å²) in [6.45, 7) is 0. The number of anilines is 1. The Hall–Kier alpha value is -2.35. The van der Waals surface area contributed by atoms with Crippen molar-refractivity contribution in [1.29, 1.82) is 0 Å². The van der Waals surface area contributed by atoms with Gasteiger partial charge < -0.3 is 5.32 Å². The van der Waals surface area contributed by atoms with Crippen LogP contribution in [0, 0.1) is 15.3 Å². The molecule has 2 aliphatic rings. The highest BCUT2D eigenvalue weighted by atomic mass is 127. The Bertz CT molecular complexity index is 1160. The first-order chi connectivity index (χ1) is 15.5. The molecule has 0 bridgehead atoms. The number of carbonyl (C=O) groups excluding carboxylic acids is 1. The van der Waals surface area contributed by atoms with Crippen molar-refractivity contribution in [2.24, 2.45) is 5.92 Å². The summed E-state index contributed by atoms with van der Waals surface area (Å²) < 4.78 is 14.9. The van der Waals surface area contributed by atoms with E-state index in [0.29, 0.717) is 24.6 Å². The van der Waals surface area contributed by atoms with Gasteiger partial charge >= 0.3 is 0 Å². The molecule has 1 heterocycles. The fourth-order valence-electron chi connectivity index (χ4n) is 4.84. The van der Waals surface area contributed by atoms with E-state index < -0.39 is 0 Å². The lowest BCUT2D eigenvalue weighted by Crippen LogP contribution is -2.20. The molecule has 4 nitrogen and oxygen atoms in total. The van der Waals surface area contributed by atoms with Crippen molar-refractivity contribution in [3.8, 4) is 11.3 Å². The van der Waals surface area contributed by atoms with E-state index in [4.69, 9.17) is 9.97 Å². The fraction of sp³-hybridized carbons (Fsp3) is 0.346. The molecule has 0 aliphatic heterocycles. The summed E-state index contributed by atoms with van der Waals surface area (Å²) in [6.07, 6.45) is 7.43. The van der Waals surface area contributed by atoms with Crippen LogP contribution in [0.2, 0.25) is 0 Å². The van der Waals surface area contributed by atoms with Crippen LogP contribution in [-0.2, 0) is 30.5 Å². The molecule has 1 amide bonds. The van der Waals surface area contributed by atoms with Crippen LogP contribution >= 0.6 is 22.6 Å². The summed E-state index contributed by atoms with van der Waals surface area (Å²) in [5, 5.41) is 3.06. The molecular weight excluding hydrogens is 516 g/mol. The molecule has 1 aromatic heterocycles. The molecule has 2 aromatic carbocycles. The van der Waals surface area contributed by atoms with Gasteiger partial charge in [-0.05, 0) is 89.2 Å². The molecule has 1 N–H and O–H groups in total. The van der Waals surface area contributed by atoms with Crippen LogP contribution in [0.15, 0.2) is 42.5 Å². The molecule has 2 aliphatic carbocycles. The zero-order valence-electron chi connectivity index (χ0n) is 17.8. The second-order valence-corrected chi connectivity index (χ2v) is 10.1. The van der Waals surface area contributed by atoms with Gasteiger partial charge in [-0.1, -0.05) is 37.8 Å². The highest BCUT2D eigenvalue weighted by Crippen LogP contribution is 2.35. The maximum atomic E-state index is 13.7. The number of nitrogens with one attached hydrogen (secondary N) is 1. The van der Waals surface area contributed by atoms with Crippen molar-refractivity contribution in [3.05, 3.63) is 74.4 Å². The van der Waals surface area contributed by atoms with Crippen molar-refractivity contribution in [2.75, 3.05) is 5.32 Å². The summed E-state index contributed by atoms with van der Waals surface area (Å²) in [4.78, 5) is 22.7. The van der Waals surface area contributed by atoms with Gasteiger partial charge in [-0.15, -0.1) is 0 Å². The van der Waals surface area contributed by atoms with Crippen LogP contribution in [0.25, 0.3) is 11.3 Å². The third-order valence-electron chi connectivity index (χ3n) is 6.49. The molecule has 0 unspecified atom stereocenters. The van der Waals surface area contributed by atoms with E-state index in [0.717, 1.165) is 50.2 Å². The number of nitrogens with zero attached hydrogens (tertiary/aromatic N) is 2. The molecule has 3 aromatic rings. The van der Waals surface area contributed by atoms with Gasteiger partial charge in [0.2, 0.25) is 5.91 Å². The van der Waals surface area contributed by atoms with Gasteiger partial charge in [0.15, 0.2) is 5.82 Å². The predicted octanol–water partition coefficient (Wildman–Crippen LogP) is 5.90. The van der Waals surface area contributed by atoms with E-state index in [9.17, 15) is 9.18 Å². The lowest BCUT2D eigenvalue weighted by molar-refractivity contribution is -0.115. The Labute approximate surface area is 201 Å². The minimum atomic E-state index is -0.217. The van der Waals surface area contributed by atoms with E-state index in [1.54, 1.807) is 6.07 Å². The minimum absolute atomic E-state index is 0.0774. The Morgan fingerprint density at radius 2 is 1.84 bits per heavy atom. The summed E-state index contributed by atoms with van der Waals surface area (Å²) >= 11 is 2.26. The van der Waals surface area contributed by atoms with E-state index in [1.807, 2.05) is 30.3 Å². The van der Waals surface area contributed by atoms with E-state index >= 15 is 0 Å². The van der Waals surface area contributed by atoms with Crippen LogP contribution in [-0.4, -0.2) is 15.9 Å². The second kappa shape index (κ2) is 9.25. The van der Waals surface area contributed by atoms with Gasteiger partial charge in [-0.3, -0.25) is 4.79 Å². The minimum Gasteiger partial charge on any atom is -0.309 e. The summed E-state index contributed by atoms with van der Waals surface area (Å²) in [5.41, 5.74) is 5.49. The third-order valence-corrected chi connectivity index (χ3v) is 7.21. The monoisotopic (exact) mass is 541 g/mol. The second-order valence-electron chi connectivity index (χ2n) is 8.82. The Morgan fingerprint density at radius 1 is 1.06 bits per heavy atom. The fourth-order valence-corrected chi connectivity index (χ4v) is 5.20. The summed E-state index contributed by atoms with van der Waals surface area (Å²) in [5.74, 6) is 0.874. The molecule has 0 saturated heterocycles. The number of carbonyl (C=O) groups is 1. The SMILES string of the molecule is O=C(Cc1ccc(I)cc1)Nc1nc2c(nc1CC1CCCC1)-c1ccc(F)cc1CC2. The average molecular weight is 541 g/mol. The number of hydrogen-bond acceptors (Lipinski definition) is 3. The van der Waals surface area contributed by atoms with Crippen molar-refractivity contribution in [1.82, 2.24) is 9.97 Å². The number of aryl methyl sites for hydroxylation is 2. The number of halogens is 2. The number of aromatic nitrogens is 2. The summed E-state index contributed by atoms with van der Waals surface area (Å²) in [7, 11) is 0. The standard InChI is InChI=1S/C26H25FIN3O/c27-19-8-11-21-18(15-19)7-12-22-25(21)29-23(13-16-3-1-2-4-16)26(30-22)31-24(32)14-17-5-9-20(28)10-6-17/h5-6,8-11,15-16H,1-4,7,12-14H2,(H,30,31,32).